The monoisotopic (exact) mass is 779 g/mol. The fraction of sp³-hybridized carbons (Fsp3) is 0. The summed E-state index contributed by atoms with van der Waals surface area (Å²) < 4.78 is 7.74. The predicted molar refractivity (Wildman–Crippen MR) is 246 cm³/mol. The topological polar surface area (TPSA) is 38.7 Å². The fourth-order valence-electron chi connectivity index (χ4n) is 8.23. The lowest BCUT2D eigenvalue weighted by molar-refractivity contribution is 1.07. The molecule has 4 heterocycles. The zero-order valence-electron chi connectivity index (χ0n) is 30.3. The van der Waals surface area contributed by atoms with Crippen molar-refractivity contribution in [2.45, 2.75) is 0 Å². The van der Waals surface area contributed by atoms with Crippen LogP contribution in [0.15, 0.2) is 176 Å². The Kier molecular flexibility index (Phi) is 7.45. The average molecular weight is 780 g/mol. The van der Waals surface area contributed by atoms with Crippen molar-refractivity contribution in [2.24, 2.45) is 0 Å². The second-order valence-corrected chi connectivity index (χ2v) is 17.6. The lowest BCUT2D eigenvalue weighted by Crippen LogP contribution is -1.99. The van der Waals surface area contributed by atoms with Gasteiger partial charge < -0.3 is 0 Å². The third-order valence-electron chi connectivity index (χ3n) is 10.9. The largest absolute Gasteiger partial charge is 0.208 e. The summed E-state index contributed by atoms with van der Waals surface area (Å²) in [6.07, 6.45) is 0. The van der Waals surface area contributed by atoms with E-state index < -0.39 is 0 Å². The lowest BCUT2D eigenvalue weighted by atomic mass is 9.93. The Hall–Kier alpha value is -6.57. The summed E-state index contributed by atoms with van der Waals surface area (Å²) in [7, 11) is 0. The van der Waals surface area contributed by atoms with Gasteiger partial charge in [-0.25, -0.2) is 15.0 Å². The highest BCUT2D eigenvalue weighted by atomic mass is 32.1. The molecule has 0 saturated heterocycles. The molecule has 12 rings (SSSR count). The van der Waals surface area contributed by atoms with Gasteiger partial charge in [0.1, 0.15) is 0 Å². The summed E-state index contributed by atoms with van der Waals surface area (Å²) >= 11 is 5.60. The van der Waals surface area contributed by atoms with Gasteiger partial charge in [-0.05, 0) is 58.7 Å². The number of hydrogen-bond acceptors (Lipinski definition) is 6. The van der Waals surface area contributed by atoms with E-state index in [0.717, 1.165) is 16.7 Å². The van der Waals surface area contributed by atoms with Crippen molar-refractivity contribution in [3.8, 4) is 56.4 Å². The minimum atomic E-state index is 0.664. The predicted octanol–water partition coefficient (Wildman–Crippen LogP) is 15.3. The summed E-state index contributed by atoms with van der Waals surface area (Å²) in [5, 5.41) is 7.78. The molecule has 0 bridgehead atoms. The molecule has 0 radical (unpaired) electrons. The maximum absolute atomic E-state index is 5.03. The first-order valence-electron chi connectivity index (χ1n) is 18.9. The van der Waals surface area contributed by atoms with Crippen molar-refractivity contribution in [2.75, 3.05) is 0 Å². The van der Waals surface area contributed by atoms with Gasteiger partial charge in [0, 0.05) is 77.2 Å². The van der Waals surface area contributed by atoms with Crippen LogP contribution >= 0.6 is 34.0 Å². The molecule has 0 aliphatic rings. The van der Waals surface area contributed by atoms with Gasteiger partial charge >= 0.3 is 0 Å². The Bertz CT molecular complexity index is 3470. The van der Waals surface area contributed by atoms with E-state index >= 15 is 0 Å². The highest BCUT2D eigenvalue weighted by Crippen LogP contribution is 2.47. The Morgan fingerprint density at radius 1 is 0.281 bits per heavy atom. The number of thiophene rings is 3. The van der Waals surface area contributed by atoms with Gasteiger partial charge in [-0.15, -0.1) is 34.0 Å². The van der Waals surface area contributed by atoms with Gasteiger partial charge in [0.25, 0.3) is 0 Å². The molecule has 0 spiro atoms. The number of aromatic nitrogens is 3. The maximum Gasteiger partial charge on any atom is 0.164 e. The SMILES string of the molecule is c1ccc(-c2nc(-c3ccccc3)nc(-c3ccc4c(c3)sc3c(-c5cc(-c6ccc7c(c6)sc6ccccc67)c6c(c5)sc5ccccc56)cccc34)n2)cc1. The second-order valence-electron chi connectivity index (χ2n) is 14.3. The molecular formula is C51H29N3S3. The number of nitrogens with zero attached hydrogens (tertiary/aromatic N) is 3. The van der Waals surface area contributed by atoms with Crippen molar-refractivity contribution in [1.29, 1.82) is 0 Å². The molecule has 0 amide bonds. The standard InChI is InChI=1S/C51H29N3S3/c1-3-12-30(13-4-1)49-52-50(31-14-5-2-6-15-31)54-51(53-49)33-23-25-38-39-19-11-18-35(48(39)57-45(38)28-33)34-26-41(47-40-17-8-10-21-43(40)56-46(47)29-34)32-22-24-37-36-16-7-9-20-42(36)55-44(37)27-32/h1-29H. The molecule has 266 valence electrons. The van der Waals surface area contributed by atoms with E-state index in [9.17, 15) is 0 Å². The first-order valence-corrected chi connectivity index (χ1v) is 21.4. The van der Waals surface area contributed by atoms with Crippen molar-refractivity contribution in [3.05, 3.63) is 176 Å². The van der Waals surface area contributed by atoms with Crippen LogP contribution in [-0.4, -0.2) is 15.0 Å². The third-order valence-corrected chi connectivity index (χ3v) is 14.4. The molecule has 6 heteroatoms. The van der Waals surface area contributed by atoms with E-state index in [2.05, 4.69) is 140 Å². The van der Waals surface area contributed by atoms with Crippen LogP contribution in [0.4, 0.5) is 0 Å². The number of benzene rings is 8. The molecule has 57 heavy (non-hydrogen) atoms. The third kappa shape index (κ3) is 5.41. The lowest BCUT2D eigenvalue weighted by Gasteiger charge is -2.11. The first-order chi connectivity index (χ1) is 28.2. The van der Waals surface area contributed by atoms with E-state index in [1.807, 2.05) is 70.4 Å². The van der Waals surface area contributed by atoms with Crippen molar-refractivity contribution < 1.29 is 0 Å². The molecule has 0 unspecified atom stereocenters. The van der Waals surface area contributed by atoms with Crippen molar-refractivity contribution in [1.82, 2.24) is 15.0 Å². The number of rotatable bonds is 5. The second kappa shape index (κ2) is 13.0. The molecule has 4 aromatic heterocycles. The number of hydrogen-bond donors (Lipinski definition) is 0. The smallest absolute Gasteiger partial charge is 0.164 e. The molecule has 0 saturated carbocycles. The Morgan fingerprint density at radius 3 is 1.53 bits per heavy atom. The van der Waals surface area contributed by atoms with E-state index in [-0.39, 0.29) is 0 Å². The zero-order valence-corrected chi connectivity index (χ0v) is 32.8. The van der Waals surface area contributed by atoms with Crippen LogP contribution in [0.2, 0.25) is 0 Å². The van der Waals surface area contributed by atoms with Gasteiger partial charge in [-0.3, -0.25) is 0 Å². The molecule has 0 aliphatic heterocycles. The van der Waals surface area contributed by atoms with Gasteiger partial charge in [0.2, 0.25) is 0 Å². The highest BCUT2D eigenvalue weighted by Gasteiger charge is 2.19. The molecular weight excluding hydrogens is 751 g/mol. The number of fused-ring (bicyclic) bond motifs is 9. The van der Waals surface area contributed by atoms with E-state index in [1.54, 1.807) is 0 Å². The highest BCUT2D eigenvalue weighted by molar-refractivity contribution is 7.27. The van der Waals surface area contributed by atoms with Crippen LogP contribution in [0.3, 0.4) is 0 Å². The molecule has 0 N–H and O–H groups in total. The van der Waals surface area contributed by atoms with Crippen molar-refractivity contribution in [3.63, 3.8) is 0 Å². The van der Waals surface area contributed by atoms with Gasteiger partial charge in [0.05, 0.1) is 0 Å². The molecule has 8 aromatic carbocycles. The zero-order chi connectivity index (χ0) is 37.5. The van der Waals surface area contributed by atoms with E-state index in [0.29, 0.717) is 17.5 Å². The molecule has 0 atom stereocenters. The van der Waals surface area contributed by atoms with Crippen LogP contribution in [0, 0.1) is 0 Å². The van der Waals surface area contributed by atoms with E-state index in [4.69, 9.17) is 15.0 Å². The van der Waals surface area contributed by atoms with Gasteiger partial charge in [0.15, 0.2) is 17.5 Å². The van der Waals surface area contributed by atoms with E-state index in [1.165, 1.54) is 82.8 Å². The molecule has 0 fully saturated rings. The Labute approximate surface area is 339 Å². The van der Waals surface area contributed by atoms with Gasteiger partial charge in [-0.2, -0.15) is 0 Å². The average Bonchev–Trinajstić information content (AvgIpc) is 3.97. The van der Waals surface area contributed by atoms with Crippen LogP contribution in [0.25, 0.3) is 117 Å². The van der Waals surface area contributed by atoms with Gasteiger partial charge in [-0.1, -0.05) is 140 Å². The molecule has 0 aliphatic carbocycles. The van der Waals surface area contributed by atoms with Crippen molar-refractivity contribution >= 4 is 94.5 Å². The quantitative estimate of drug-likeness (QED) is 0.175. The maximum atomic E-state index is 5.03. The van der Waals surface area contributed by atoms with Crippen LogP contribution in [-0.2, 0) is 0 Å². The normalized spacial score (nSPS) is 11.9. The molecule has 3 nitrogen and oxygen atoms in total. The van der Waals surface area contributed by atoms with Crippen LogP contribution < -0.4 is 0 Å². The van der Waals surface area contributed by atoms with Crippen LogP contribution in [0.1, 0.15) is 0 Å². The molecule has 12 aromatic rings. The summed E-state index contributed by atoms with van der Waals surface area (Å²) in [6.45, 7) is 0. The Balaban J connectivity index is 1.03. The summed E-state index contributed by atoms with van der Waals surface area (Å²) in [6, 6.07) is 63.2. The minimum Gasteiger partial charge on any atom is -0.208 e. The summed E-state index contributed by atoms with van der Waals surface area (Å²) in [5.41, 5.74) is 7.90. The summed E-state index contributed by atoms with van der Waals surface area (Å²) in [5.74, 6) is 1.99. The minimum absolute atomic E-state index is 0.664. The first kappa shape index (κ1) is 32.7. The Morgan fingerprint density at radius 2 is 0.789 bits per heavy atom. The van der Waals surface area contributed by atoms with Crippen LogP contribution in [0.5, 0.6) is 0 Å². The fourth-order valence-corrected chi connectivity index (χ4v) is 11.8. The summed E-state index contributed by atoms with van der Waals surface area (Å²) in [4.78, 5) is 15.0.